The number of benzene rings is 1. The van der Waals surface area contributed by atoms with Crippen LogP contribution in [0.25, 0.3) is 11.5 Å². The van der Waals surface area contributed by atoms with Crippen molar-refractivity contribution in [2.75, 3.05) is 13.2 Å². The van der Waals surface area contributed by atoms with Gasteiger partial charge in [0.2, 0.25) is 0 Å². The second-order valence-corrected chi connectivity index (χ2v) is 6.74. The van der Waals surface area contributed by atoms with Gasteiger partial charge in [0.1, 0.15) is 17.2 Å². The summed E-state index contributed by atoms with van der Waals surface area (Å²) in [6.07, 6.45) is 1.94. The number of ether oxygens (including phenoxy) is 1. The molecule has 6 heteroatoms. The average Bonchev–Trinajstić information content (AvgIpc) is 3.42. The summed E-state index contributed by atoms with van der Waals surface area (Å²) in [4.78, 5) is 14.9. The number of furan rings is 1. The second-order valence-electron chi connectivity index (χ2n) is 6.74. The highest BCUT2D eigenvalue weighted by Crippen LogP contribution is 2.34. The topological polar surface area (TPSA) is 71.4 Å². The number of carbonyl (C=O) groups excluding carboxylic acids is 1. The van der Waals surface area contributed by atoms with E-state index in [0.29, 0.717) is 23.8 Å². The lowest BCUT2D eigenvalue weighted by atomic mass is 10.0. The molecule has 1 saturated heterocycles. The summed E-state index contributed by atoms with van der Waals surface area (Å²) in [5.41, 5.74) is 2.25. The van der Waals surface area contributed by atoms with E-state index in [1.165, 1.54) is 0 Å². The Bertz CT molecular complexity index is 926. The molecule has 0 spiro atoms. The number of aromatic amines is 1. The minimum absolute atomic E-state index is 0.0582. The van der Waals surface area contributed by atoms with Gasteiger partial charge in [0.15, 0.2) is 11.5 Å². The van der Waals surface area contributed by atoms with Crippen LogP contribution < -0.4 is 4.74 Å². The molecule has 1 unspecified atom stereocenters. The molecule has 2 aromatic heterocycles. The molecular weight excluding hydrogens is 342 g/mol. The van der Waals surface area contributed by atoms with Crippen LogP contribution in [0, 0.1) is 6.92 Å². The summed E-state index contributed by atoms with van der Waals surface area (Å²) in [6.45, 7) is 5.23. The first kappa shape index (κ1) is 17.4. The number of rotatable bonds is 5. The number of H-pyrrole nitrogens is 1. The van der Waals surface area contributed by atoms with Gasteiger partial charge in [-0.15, -0.1) is 0 Å². The standard InChI is InChI=1S/C21H23N3O3/c1-3-26-16-9-7-15(8-10-16)19-5-4-12-24(19)21(25)18-13-17(22-23-18)20-11-6-14(2)27-20/h6-11,13,19H,3-5,12H2,1-2H3,(H,22,23). The van der Waals surface area contributed by atoms with Crippen molar-refractivity contribution in [1.82, 2.24) is 15.1 Å². The Kier molecular flexibility index (Phi) is 4.71. The van der Waals surface area contributed by atoms with Crippen LogP contribution in [0.2, 0.25) is 0 Å². The Morgan fingerprint density at radius 3 is 2.81 bits per heavy atom. The lowest BCUT2D eigenvalue weighted by Crippen LogP contribution is -2.30. The monoisotopic (exact) mass is 365 g/mol. The van der Waals surface area contributed by atoms with Gasteiger partial charge in [-0.05, 0) is 56.5 Å². The molecule has 1 fully saturated rings. The van der Waals surface area contributed by atoms with Gasteiger partial charge in [0.05, 0.1) is 12.6 Å². The van der Waals surface area contributed by atoms with Crippen LogP contribution in [0.1, 0.15) is 47.6 Å². The predicted molar refractivity (Wildman–Crippen MR) is 102 cm³/mol. The molecule has 1 N–H and O–H groups in total. The zero-order valence-electron chi connectivity index (χ0n) is 15.6. The van der Waals surface area contributed by atoms with E-state index in [0.717, 1.165) is 36.5 Å². The molecule has 0 bridgehead atoms. The number of amides is 1. The third-order valence-electron chi connectivity index (χ3n) is 4.89. The largest absolute Gasteiger partial charge is 0.494 e. The quantitative estimate of drug-likeness (QED) is 0.729. The van der Waals surface area contributed by atoms with Gasteiger partial charge in [-0.1, -0.05) is 12.1 Å². The van der Waals surface area contributed by atoms with E-state index in [4.69, 9.17) is 9.15 Å². The molecule has 140 valence electrons. The SMILES string of the molecule is CCOc1ccc(C2CCCN2C(=O)c2cc(-c3ccc(C)o3)[nH]n2)cc1. The van der Waals surface area contributed by atoms with Gasteiger partial charge in [-0.3, -0.25) is 9.89 Å². The fraction of sp³-hybridized carbons (Fsp3) is 0.333. The number of carbonyl (C=O) groups is 1. The van der Waals surface area contributed by atoms with E-state index in [9.17, 15) is 4.79 Å². The zero-order chi connectivity index (χ0) is 18.8. The Morgan fingerprint density at radius 2 is 2.11 bits per heavy atom. The van der Waals surface area contributed by atoms with E-state index in [1.807, 2.05) is 55.1 Å². The smallest absolute Gasteiger partial charge is 0.274 e. The summed E-state index contributed by atoms with van der Waals surface area (Å²) >= 11 is 0. The van der Waals surface area contributed by atoms with E-state index in [1.54, 1.807) is 6.07 Å². The van der Waals surface area contributed by atoms with Crippen LogP contribution in [-0.4, -0.2) is 34.2 Å². The molecule has 0 radical (unpaired) electrons. The normalized spacial score (nSPS) is 16.7. The highest BCUT2D eigenvalue weighted by Gasteiger charge is 2.32. The molecule has 0 aliphatic carbocycles. The maximum Gasteiger partial charge on any atom is 0.274 e. The van der Waals surface area contributed by atoms with Crippen LogP contribution in [0.5, 0.6) is 5.75 Å². The van der Waals surface area contributed by atoms with Crippen molar-refractivity contribution in [1.29, 1.82) is 0 Å². The zero-order valence-corrected chi connectivity index (χ0v) is 15.6. The minimum Gasteiger partial charge on any atom is -0.494 e. The number of aromatic nitrogens is 2. The molecule has 1 aliphatic heterocycles. The first-order valence-corrected chi connectivity index (χ1v) is 9.31. The number of hydrogen-bond acceptors (Lipinski definition) is 4. The fourth-order valence-corrected chi connectivity index (χ4v) is 3.59. The van der Waals surface area contributed by atoms with Crippen LogP contribution >= 0.6 is 0 Å². The van der Waals surface area contributed by atoms with Crippen LogP contribution in [0.4, 0.5) is 0 Å². The average molecular weight is 365 g/mol. The fourth-order valence-electron chi connectivity index (χ4n) is 3.59. The molecule has 4 rings (SSSR count). The Balaban J connectivity index is 1.53. The third kappa shape index (κ3) is 3.47. The van der Waals surface area contributed by atoms with Crippen LogP contribution in [0.3, 0.4) is 0 Å². The van der Waals surface area contributed by atoms with Gasteiger partial charge in [-0.2, -0.15) is 5.10 Å². The predicted octanol–water partition coefficient (Wildman–Crippen LogP) is 4.35. The summed E-state index contributed by atoms with van der Waals surface area (Å²) in [5, 5.41) is 7.12. The Labute approximate surface area is 158 Å². The maximum atomic E-state index is 13.0. The summed E-state index contributed by atoms with van der Waals surface area (Å²) in [7, 11) is 0. The Hall–Kier alpha value is -3.02. The Morgan fingerprint density at radius 1 is 1.30 bits per heavy atom. The number of likely N-dealkylation sites (tertiary alicyclic amines) is 1. The molecule has 3 heterocycles. The van der Waals surface area contributed by atoms with Crippen LogP contribution in [-0.2, 0) is 0 Å². The lowest BCUT2D eigenvalue weighted by Gasteiger charge is -2.24. The van der Waals surface area contributed by atoms with Crippen molar-refractivity contribution in [2.45, 2.75) is 32.7 Å². The second kappa shape index (κ2) is 7.31. The van der Waals surface area contributed by atoms with Gasteiger partial charge < -0.3 is 14.1 Å². The van der Waals surface area contributed by atoms with Crippen LogP contribution in [0.15, 0.2) is 46.9 Å². The molecule has 1 amide bonds. The van der Waals surface area contributed by atoms with Crippen molar-refractivity contribution < 1.29 is 13.9 Å². The van der Waals surface area contributed by atoms with Gasteiger partial charge >= 0.3 is 0 Å². The third-order valence-corrected chi connectivity index (χ3v) is 4.89. The lowest BCUT2D eigenvalue weighted by molar-refractivity contribution is 0.0729. The molecule has 1 atom stereocenters. The first-order valence-electron chi connectivity index (χ1n) is 9.31. The van der Waals surface area contributed by atoms with E-state index in [-0.39, 0.29) is 11.9 Å². The molecule has 6 nitrogen and oxygen atoms in total. The van der Waals surface area contributed by atoms with Crippen molar-refractivity contribution >= 4 is 5.91 Å². The molecular formula is C21H23N3O3. The number of nitrogens with one attached hydrogen (secondary N) is 1. The molecule has 3 aromatic rings. The molecule has 27 heavy (non-hydrogen) atoms. The van der Waals surface area contributed by atoms with E-state index < -0.39 is 0 Å². The van der Waals surface area contributed by atoms with E-state index in [2.05, 4.69) is 10.2 Å². The first-order chi connectivity index (χ1) is 13.2. The van der Waals surface area contributed by atoms with Gasteiger partial charge in [-0.25, -0.2) is 0 Å². The molecule has 1 aromatic carbocycles. The van der Waals surface area contributed by atoms with Crippen molar-refractivity contribution in [3.63, 3.8) is 0 Å². The highest BCUT2D eigenvalue weighted by atomic mass is 16.5. The van der Waals surface area contributed by atoms with Crippen molar-refractivity contribution in [3.8, 4) is 17.2 Å². The minimum atomic E-state index is -0.0582. The summed E-state index contributed by atoms with van der Waals surface area (Å²) in [5.74, 6) is 2.30. The van der Waals surface area contributed by atoms with Crippen molar-refractivity contribution in [3.05, 3.63) is 59.5 Å². The molecule has 0 saturated carbocycles. The highest BCUT2D eigenvalue weighted by molar-refractivity contribution is 5.93. The van der Waals surface area contributed by atoms with Gasteiger partial charge in [0, 0.05) is 12.6 Å². The maximum absolute atomic E-state index is 13.0. The number of nitrogens with zero attached hydrogens (tertiary/aromatic N) is 2. The van der Waals surface area contributed by atoms with Crippen molar-refractivity contribution in [2.24, 2.45) is 0 Å². The molecule has 1 aliphatic rings. The van der Waals surface area contributed by atoms with E-state index >= 15 is 0 Å². The number of hydrogen-bond donors (Lipinski definition) is 1. The number of aryl methyl sites for hydroxylation is 1. The summed E-state index contributed by atoms with van der Waals surface area (Å²) < 4.78 is 11.1. The summed E-state index contributed by atoms with van der Waals surface area (Å²) in [6, 6.07) is 13.6. The van der Waals surface area contributed by atoms with Gasteiger partial charge in [0.25, 0.3) is 5.91 Å².